The molecule has 11 heteroatoms. The number of fused-ring (bicyclic) bond motifs is 1. The van der Waals surface area contributed by atoms with E-state index in [-0.39, 0.29) is 30.3 Å². The van der Waals surface area contributed by atoms with Crippen LogP contribution in [0.25, 0.3) is 11.2 Å². The van der Waals surface area contributed by atoms with Crippen molar-refractivity contribution >= 4 is 23.3 Å². The maximum absolute atomic E-state index is 13.0. The fourth-order valence-electron chi connectivity index (χ4n) is 3.65. The van der Waals surface area contributed by atoms with Crippen molar-refractivity contribution in [1.82, 2.24) is 18.7 Å². The standard InChI is InChI=1S/C25H28N6O5/c1-16-5-9-20(10-6-16)36-15-18(32)14-31-21-22(29(2)25(34)30(3)23(21)33)27-24(31)28-26-13-17-7-11-19(35-4)12-8-17/h5-13,18,32H,14-15H2,1-4H3,(H,27,28). The predicted molar refractivity (Wildman–Crippen MR) is 137 cm³/mol. The first kappa shape index (κ1) is 24.7. The number of aryl methyl sites for hydroxylation is 2. The van der Waals surface area contributed by atoms with Gasteiger partial charge in [-0.2, -0.15) is 10.1 Å². The Bertz CT molecular complexity index is 1500. The summed E-state index contributed by atoms with van der Waals surface area (Å²) < 4.78 is 14.6. The van der Waals surface area contributed by atoms with Crippen molar-refractivity contribution in [1.29, 1.82) is 0 Å². The molecule has 4 rings (SSSR count). The molecule has 1 atom stereocenters. The number of hydrogen-bond acceptors (Lipinski definition) is 8. The predicted octanol–water partition coefficient (Wildman–Crippen LogP) is 1.64. The van der Waals surface area contributed by atoms with Crippen LogP contribution in [0.3, 0.4) is 0 Å². The maximum atomic E-state index is 13.0. The summed E-state index contributed by atoms with van der Waals surface area (Å²) in [5, 5.41) is 15.0. The van der Waals surface area contributed by atoms with E-state index in [1.54, 1.807) is 25.5 Å². The molecule has 0 aliphatic heterocycles. The molecule has 2 aromatic carbocycles. The molecule has 188 valence electrons. The molecule has 0 saturated carbocycles. The van der Waals surface area contributed by atoms with Crippen LogP contribution in [-0.4, -0.2) is 49.8 Å². The van der Waals surface area contributed by atoms with Crippen LogP contribution in [0.1, 0.15) is 11.1 Å². The SMILES string of the molecule is COc1ccc(C=NNc2nc3c(c(=O)n(C)c(=O)n3C)n2CC(O)COc2ccc(C)cc2)cc1. The average Bonchev–Trinajstić information content (AvgIpc) is 3.24. The smallest absolute Gasteiger partial charge is 0.332 e. The second-order valence-corrected chi connectivity index (χ2v) is 8.35. The van der Waals surface area contributed by atoms with Crippen LogP contribution < -0.4 is 26.1 Å². The number of methoxy groups -OCH3 is 1. The number of hydrogen-bond donors (Lipinski definition) is 2. The maximum Gasteiger partial charge on any atom is 0.332 e. The van der Waals surface area contributed by atoms with E-state index in [0.29, 0.717) is 5.75 Å². The number of rotatable bonds is 9. The zero-order valence-corrected chi connectivity index (χ0v) is 20.5. The van der Waals surface area contributed by atoms with E-state index < -0.39 is 17.4 Å². The third-order valence-corrected chi connectivity index (χ3v) is 5.70. The Morgan fingerprint density at radius 1 is 1.06 bits per heavy atom. The highest BCUT2D eigenvalue weighted by atomic mass is 16.5. The van der Waals surface area contributed by atoms with Gasteiger partial charge in [-0.25, -0.2) is 10.2 Å². The van der Waals surface area contributed by atoms with Gasteiger partial charge in [-0.3, -0.25) is 13.9 Å². The minimum absolute atomic E-state index is 0.0105. The quantitative estimate of drug-likeness (QED) is 0.269. The molecular formula is C25H28N6O5. The van der Waals surface area contributed by atoms with Gasteiger partial charge in [-0.05, 0) is 48.9 Å². The molecule has 0 bridgehead atoms. The van der Waals surface area contributed by atoms with Gasteiger partial charge in [0.1, 0.15) is 24.2 Å². The van der Waals surface area contributed by atoms with Crippen molar-refractivity contribution in [2.45, 2.75) is 19.6 Å². The van der Waals surface area contributed by atoms with Crippen molar-refractivity contribution in [3.05, 3.63) is 80.5 Å². The first-order valence-electron chi connectivity index (χ1n) is 11.3. The molecule has 0 fully saturated rings. The molecule has 36 heavy (non-hydrogen) atoms. The fourth-order valence-corrected chi connectivity index (χ4v) is 3.65. The Morgan fingerprint density at radius 3 is 2.39 bits per heavy atom. The number of benzene rings is 2. The summed E-state index contributed by atoms with van der Waals surface area (Å²) in [5.74, 6) is 1.54. The van der Waals surface area contributed by atoms with Crippen LogP contribution >= 0.6 is 0 Å². The van der Waals surface area contributed by atoms with E-state index >= 15 is 0 Å². The largest absolute Gasteiger partial charge is 0.497 e. The van der Waals surface area contributed by atoms with Gasteiger partial charge in [0, 0.05) is 14.1 Å². The lowest BCUT2D eigenvalue weighted by molar-refractivity contribution is 0.0938. The van der Waals surface area contributed by atoms with Crippen LogP contribution in [-0.2, 0) is 20.6 Å². The Hall–Kier alpha value is -4.38. The molecule has 2 heterocycles. The zero-order chi connectivity index (χ0) is 25.8. The van der Waals surface area contributed by atoms with Crippen LogP contribution in [0.4, 0.5) is 5.95 Å². The summed E-state index contributed by atoms with van der Waals surface area (Å²) in [7, 11) is 4.52. The Kier molecular flexibility index (Phi) is 7.20. The van der Waals surface area contributed by atoms with Crippen molar-refractivity contribution in [2.75, 3.05) is 19.1 Å². The van der Waals surface area contributed by atoms with E-state index in [2.05, 4.69) is 15.5 Å². The van der Waals surface area contributed by atoms with Gasteiger partial charge in [-0.1, -0.05) is 17.7 Å². The highest BCUT2D eigenvalue weighted by Crippen LogP contribution is 2.18. The van der Waals surface area contributed by atoms with Crippen molar-refractivity contribution < 1.29 is 14.6 Å². The van der Waals surface area contributed by atoms with Gasteiger partial charge >= 0.3 is 5.69 Å². The van der Waals surface area contributed by atoms with Crippen molar-refractivity contribution in [3.63, 3.8) is 0 Å². The highest BCUT2D eigenvalue weighted by molar-refractivity contribution is 5.80. The summed E-state index contributed by atoms with van der Waals surface area (Å²) >= 11 is 0. The average molecular weight is 493 g/mol. The van der Waals surface area contributed by atoms with Crippen LogP contribution in [0.5, 0.6) is 11.5 Å². The molecule has 4 aromatic rings. The number of aliphatic hydroxyl groups excluding tert-OH is 1. The molecule has 11 nitrogen and oxygen atoms in total. The third-order valence-electron chi connectivity index (χ3n) is 5.70. The van der Waals surface area contributed by atoms with Gasteiger partial charge in [0.2, 0.25) is 5.95 Å². The van der Waals surface area contributed by atoms with Gasteiger partial charge in [-0.15, -0.1) is 0 Å². The molecule has 0 spiro atoms. The van der Waals surface area contributed by atoms with E-state index in [1.165, 1.54) is 23.2 Å². The first-order valence-corrected chi connectivity index (χ1v) is 11.3. The van der Waals surface area contributed by atoms with Crippen LogP contribution in [0, 0.1) is 6.92 Å². The monoisotopic (exact) mass is 492 g/mol. The molecule has 0 aliphatic rings. The van der Waals surface area contributed by atoms with Crippen LogP contribution in [0.2, 0.25) is 0 Å². The molecule has 0 aliphatic carbocycles. The number of aromatic nitrogens is 4. The number of nitrogens with zero attached hydrogens (tertiary/aromatic N) is 5. The second kappa shape index (κ2) is 10.5. The number of imidazole rings is 1. The molecule has 0 amide bonds. The number of aliphatic hydroxyl groups is 1. The van der Waals surface area contributed by atoms with Gasteiger partial charge in [0.25, 0.3) is 5.56 Å². The van der Waals surface area contributed by atoms with Gasteiger partial charge in [0.15, 0.2) is 11.2 Å². The molecule has 0 radical (unpaired) electrons. The lowest BCUT2D eigenvalue weighted by Gasteiger charge is -2.15. The summed E-state index contributed by atoms with van der Waals surface area (Å²) in [4.78, 5) is 29.8. The normalized spacial score (nSPS) is 12.2. The zero-order valence-electron chi connectivity index (χ0n) is 20.5. The minimum Gasteiger partial charge on any atom is -0.497 e. The number of ether oxygens (including phenoxy) is 2. The van der Waals surface area contributed by atoms with E-state index in [9.17, 15) is 14.7 Å². The van der Waals surface area contributed by atoms with Crippen molar-refractivity contribution in [2.24, 2.45) is 19.2 Å². The molecule has 2 N–H and O–H groups in total. The summed E-state index contributed by atoms with van der Waals surface area (Å²) in [6.07, 6.45) is 0.605. The molecule has 0 saturated heterocycles. The Labute approximate surface area is 206 Å². The number of hydrazone groups is 1. The molecular weight excluding hydrogens is 464 g/mol. The fraction of sp³-hybridized carbons (Fsp3) is 0.280. The Morgan fingerprint density at radius 2 is 1.72 bits per heavy atom. The summed E-state index contributed by atoms with van der Waals surface area (Å²) in [6.45, 7) is 1.95. The molecule has 2 aromatic heterocycles. The first-order chi connectivity index (χ1) is 17.3. The van der Waals surface area contributed by atoms with Crippen LogP contribution in [0.15, 0.2) is 63.2 Å². The van der Waals surface area contributed by atoms with Gasteiger partial charge in [0.05, 0.1) is 19.9 Å². The summed E-state index contributed by atoms with van der Waals surface area (Å²) in [5.41, 5.74) is 4.04. The van der Waals surface area contributed by atoms with Crippen molar-refractivity contribution in [3.8, 4) is 11.5 Å². The second-order valence-electron chi connectivity index (χ2n) is 8.35. The number of anilines is 1. The minimum atomic E-state index is -0.975. The lowest BCUT2D eigenvalue weighted by Crippen LogP contribution is -2.38. The highest BCUT2D eigenvalue weighted by Gasteiger charge is 2.21. The third kappa shape index (κ3) is 5.15. The summed E-state index contributed by atoms with van der Waals surface area (Å²) in [6, 6.07) is 14.7. The number of nitrogens with one attached hydrogen (secondary N) is 1. The molecule has 1 unspecified atom stereocenters. The van der Waals surface area contributed by atoms with E-state index in [1.807, 2.05) is 43.3 Å². The topological polar surface area (TPSA) is 125 Å². The van der Waals surface area contributed by atoms with Gasteiger partial charge < -0.3 is 19.1 Å². The van der Waals surface area contributed by atoms with E-state index in [4.69, 9.17) is 9.47 Å². The van der Waals surface area contributed by atoms with E-state index in [0.717, 1.165) is 21.4 Å². The Balaban J connectivity index is 1.63. The lowest BCUT2D eigenvalue weighted by atomic mass is 10.2.